The van der Waals surface area contributed by atoms with Crippen LogP contribution in [0.15, 0.2) is 24.3 Å². The van der Waals surface area contributed by atoms with Gasteiger partial charge in [0.2, 0.25) is 0 Å². The molecular formula is C14H16O. The normalized spacial score (nSPS) is 33.7. The van der Waals surface area contributed by atoms with Crippen LogP contribution in [0.2, 0.25) is 0 Å². The van der Waals surface area contributed by atoms with Gasteiger partial charge >= 0.3 is 0 Å². The minimum atomic E-state index is -0.169. The lowest BCUT2D eigenvalue weighted by Gasteiger charge is -2.42. The summed E-state index contributed by atoms with van der Waals surface area (Å²) < 4.78 is 0. The molecule has 78 valence electrons. The molecule has 0 heterocycles. The third-order valence-electron chi connectivity index (χ3n) is 4.22. The lowest BCUT2D eigenvalue weighted by atomic mass is 9.60. The molecule has 0 aliphatic heterocycles. The smallest absolute Gasteiger partial charge is 0.146 e. The second kappa shape index (κ2) is 2.94. The van der Waals surface area contributed by atoms with Crippen molar-refractivity contribution in [3.8, 4) is 0 Å². The summed E-state index contributed by atoms with van der Waals surface area (Å²) in [7, 11) is 0. The fourth-order valence-electron chi connectivity index (χ4n) is 3.37. The van der Waals surface area contributed by atoms with Gasteiger partial charge in [-0.25, -0.2) is 0 Å². The van der Waals surface area contributed by atoms with Crippen molar-refractivity contribution in [1.82, 2.24) is 0 Å². The van der Waals surface area contributed by atoms with Crippen LogP contribution in [0.3, 0.4) is 0 Å². The van der Waals surface area contributed by atoms with Gasteiger partial charge in [0, 0.05) is 5.92 Å². The molecule has 3 rings (SSSR count). The summed E-state index contributed by atoms with van der Waals surface area (Å²) in [5.74, 6) is 0.797. The van der Waals surface area contributed by atoms with E-state index in [0.29, 0.717) is 11.7 Å². The van der Waals surface area contributed by atoms with Gasteiger partial charge in [-0.3, -0.25) is 4.79 Å². The highest BCUT2D eigenvalue weighted by atomic mass is 16.1. The van der Waals surface area contributed by atoms with Gasteiger partial charge in [0.15, 0.2) is 0 Å². The summed E-state index contributed by atoms with van der Waals surface area (Å²) >= 11 is 0. The predicted octanol–water partition coefficient (Wildman–Crippen LogP) is 2.87. The average molecular weight is 200 g/mol. The van der Waals surface area contributed by atoms with Gasteiger partial charge < -0.3 is 0 Å². The van der Waals surface area contributed by atoms with Crippen LogP contribution in [-0.4, -0.2) is 5.78 Å². The molecule has 1 fully saturated rings. The molecule has 1 aromatic rings. The van der Waals surface area contributed by atoms with Crippen molar-refractivity contribution in [2.75, 3.05) is 0 Å². The Balaban J connectivity index is 2.21. The number of hydrogen-bond donors (Lipinski definition) is 0. The maximum absolute atomic E-state index is 12.3. The topological polar surface area (TPSA) is 17.1 Å². The summed E-state index contributed by atoms with van der Waals surface area (Å²) in [6.07, 6.45) is 4.33. The molecule has 1 saturated carbocycles. The van der Waals surface area contributed by atoms with Crippen molar-refractivity contribution >= 4 is 5.78 Å². The standard InChI is InChI=1S/C14H16O/c1-14-8-4-6-11(13(14)15)9-10-5-2-3-7-12(10)14/h2-3,5,7,11H,4,6,8-9H2,1H3. The van der Waals surface area contributed by atoms with Crippen LogP contribution in [0.4, 0.5) is 0 Å². The first-order chi connectivity index (χ1) is 7.22. The number of fused-ring (bicyclic) bond motifs is 4. The Bertz CT molecular complexity index is 421. The molecule has 1 nitrogen and oxygen atoms in total. The third kappa shape index (κ3) is 1.12. The van der Waals surface area contributed by atoms with Crippen LogP contribution < -0.4 is 0 Å². The predicted molar refractivity (Wildman–Crippen MR) is 59.8 cm³/mol. The first kappa shape index (κ1) is 9.14. The van der Waals surface area contributed by atoms with Gasteiger partial charge in [-0.05, 0) is 37.3 Å². The monoisotopic (exact) mass is 200 g/mol. The minimum Gasteiger partial charge on any atom is -0.298 e. The van der Waals surface area contributed by atoms with Gasteiger partial charge in [0.25, 0.3) is 0 Å². The summed E-state index contributed by atoms with van der Waals surface area (Å²) in [4.78, 5) is 12.3. The molecule has 0 amide bonds. The zero-order valence-electron chi connectivity index (χ0n) is 9.12. The van der Waals surface area contributed by atoms with Crippen molar-refractivity contribution in [1.29, 1.82) is 0 Å². The van der Waals surface area contributed by atoms with Gasteiger partial charge in [-0.1, -0.05) is 30.7 Å². The molecule has 2 unspecified atom stereocenters. The van der Waals surface area contributed by atoms with Gasteiger partial charge in [0.1, 0.15) is 5.78 Å². The number of carbonyl (C=O) groups is 1. The van der Waals surface area contributed by atoms with Gasteiger partial charge in [-0.15, -0.1) is 0 Å². The van der Waals surface area contributed by atoms with Crippen LogP contribution in [0.1, 0.15) is 37.3 Å². The molecule has 0 N–H and O–H groups in total. The molecule has 2 aliphatic rings. The summed E-state index contributed by atoms with van der Waals surface area (Å²) in [6, 6.07) is 8.49. The highest BCUT2D eigenvalue weighted by molar-refractivity contribution is 5.94. The van der Waals surface area contributed by atoms with E-state index in [9.17, 15) is 4.79 Å². The Hall–Kier alpha value is -1.11. The maximum atomic E-state index is 12.3. The molecule has 0 radical (unpaired) electrons. The van der Waals surface area contributed by atoms with Crippen LogP contribution >= 0.6 is 0 Å². The summed E-state index contributed by atoms with van der Waals surface area (Å²) in [5, 5.41) is 0. The number of rotatable bonds is 0. The largest absolute Gasteiger partial charge is 0.298 e. The Morgan fingerprint density at radius 1 is 1.33 bits per heavy atom. The van der Waals surface area contributed by atoms with E-state index in [2.05, 4.69) is 31.2 Å². The number of benzene rings is 1. The average Bonchev–Trinajstić information content (AvgIpc) is 2.23. The van der Waals surface area contributed by atoms with E-state index >= 15 is 0 Å². The lowest BCUT2D eigenvalue weighted by Crippen LogP contribution is -2.46. The van der Waals surface area contributed by atoms with E-state index in [0.717, 1.165) is 19.3 Å². The van der Waals surface area contributed by atoms with Gasteiger partial charge in [0.05, 0.1) is 5.41 Å². The van der Waals surface area contributed by atoms with Crippen LogP contribution in [-0.2, 0) is 16.6 Å². The highest BCUT2D eigenvalue weighted by Crippen LogP contribution is 2.45. The Labute approximate surface area is 90.5 Å². The number of hydrogen-bond acceptors (Lipinski definition) is 1. The van der Waals surface area contributed by atoms with E-state index in [1.54, 1.807) is 0 Å². The Morgan fingerprint density at radius 2 is 2.13 bits per heavy atom. The van der Waals surface area contributed by atoms with Crippen LogP contribution in [0.5, 0.6) is 0 Å². The van der Waals surface area contributed by atoms with E-state index < -0.39 is 0 Å². The fourth-order valence-corrected chi connectivity index (χ4v) is 3.37. The van der Waals surface area contributed by atoms with Crippen LogP contribution in [0.25, 0.3) is 0 Å². The molecule has 2 aliphatic carbocycles. The molecule has 0 saturated heterocycles. The van der Waals surface area contributed by atoms with Crippen molar-refractivity contribution < 1.29 is 4.79 Å². The molecule has 0 spiro atoms. The second-order valence-corrected chi connectivity index (χ2v) is 5.15. The van der Waals surface area contributed by atoms with E-state index in [1.165, 1.54) is 17.5 Å². The Kier molecular flexibility index (Phi) is 1.79. The molecule has 2 bridgehead atoms. The van der Waals surface area contributed by atoms with Crippen molar-refractivity contribution in [2.45, 2.75) is 38.0 Å². The summed E-state index contributed by atoms with van der Waals surface area (Å²) in [6.45, 7) is 2.14. The van der Waals surface area contributed by atoms with Gasteiger partial charge in [-0.2, -0.15) is 0 Å². The first-order valence-electron chi connectivity index (χ1n) is 5.84. The molecular weight excluding hydrogens is 184 g/mol. The molecule has 0 aromatic heterocycles. The van der Waals surface area contributed by atoms with E-state index in [4.69, 9.17) is 0 Å². The van der Waals surface area contributed by atoms with E-state index in [-0.39, 0.29) is 5.41 Å². The lowest BCUT2D eigenvalue weighted by molar-refractivity contribution is -0.131. The van der Waals surface area contributed by atoms with Crippen molar-refractivity contribution in [3.05, 3.63) is 35.4 Å². The number of ketones is 1. The Morgan fingerprint density at radius 3 is 3.00 bits per heavy atom. The zero-order chi connectivity index (χ0) is 10.5. The SMILES string of the molecule is CC12CCCC(Cc3ccccc31)C2=O. The highest BCUT2D eigenvalue weighted by Gasteiger charge is 2.46. The third-order valence-corrected chi connectivity index (χ3v) is 4.22. The zero-order valence-corrected chi connectivity index (χ0v) is 9.12. The first-order valence-corrected chi connectivity index (χ1v) is 5.84. The summed E-state index contributed by atoms with van der Waals surface area (Å²) in [5.41, 5.74) is 2.54. The molecule has 1 aromatic carbocycles. The number of carbonyl (C=O) groups excluding carboxylic acids is 1. The maximum Gasteiger partial charge on any atom is 0.146 e. The molecule has 15 heavy (non-hydrogen) atoms. The second-order valence-electron chi connectivity index (χ2n) is 5.15. The van der Waals surface area contributed by atoms with Crippen molar-refractivity contribution in [2.24, 2.45) is 5.92 Å². The quantitative estimate of drug-likeness (QED) is 0.629. The van der Waals surface area contributed by atoms with Crippen LogP contribution in [0, 0.1) is 5.92 Å². The fraction of sp³-hybridized carbons (Fsp3) is 0.500. The number of Topliss-reactive ketones (excluding diaryl/α,β-unsaturated/α-hetero) is 1. The van der Waals surface area contributed by atoms with Crippen molar-refractivity contribution in [3.63, 3.8) is 0 Å². The van der Waals surface area contributed by atoms with E-state index in [1.807, 2.05) is 0 Å². The molecule has 1 heteroatoms. The minimum absolute atomic E-state index is 0.169. The molecule has 2 atom stereocenters.